The third-order valence-electron chi connectivity index (χ3n) is 4.83. The van der Waals surface area contributed by atoms with Crippen LogP contribution in [0.25, 0.3) is 0 Å². The number of aromatic nitrogens is 1. The van der Waals surface area contributed by atoms with E-state index in [1.807, 2.05) is 42.5 Å². The van der Waals surface area contributed by atoms with Crippen LogP contribution in [0.2, 0.25) is 0 Å². The van der Waals surface area contributed by atoms with Crippen LogP contribution in [0, 0.1) is 5.92 Å². The molecule has 0 saturated carbocycles. The standard InChI is InChI=1S/C20H23N3O4/c1-27-17-8-3-2-6-15(17)18(16-7-4-5-11-21-16)22-20(26)23-12-9-14(10-13-23)19(24)25/h2-8,11,14,18H,9-10,12-13H2,1H3,(H,22,26)(H,24,25). The SMILES string of the molecule is COc1ccccc1C(NC(=O)N1CCC(C(=O)O)CC1)c1ccccn1. The number of benzene rings is 1. The van der Waals surface area contributed by atoms with Gasteiger partial charge in [-0.3, -0.25) is 9.78 Å². The summed E-state index contributed by atoms with van der Waals surface area (Å²) in [5.74, 6) is -0.511. The zero-order chi connectivity index (χ0) is 19.2. The van der Waals surface area contributed by atoms with Crippen LogP contribution in [-0.2, 0) is 4.79 Å². The van der Waals surface area contributed by atoms with Crippen molar-refractivity contribution in [3.8, 4) is 5.75 Å². The summed E-state index contributed by atoms with van der Waals surface area (Å²) in [4.78, 5) is 30.0. The van der Waals surface area contributed by atoms with Gasteiger partial charge in [-0.1, -0.05) is 24.3 Å². The number of carbonyl (C=O) groups excluding carboxylic acids is 1. The van der Waals surface area contributed by atoms with Crippen molar-refractivity contribution >= 4 is 12.0 Å². The number of ether oxygens (including phenoxy) is 1. The van der Waals surface area contributed by atoms with Crippen molar-refractivity contribution in [1.82, 2.24) is 15.2 Å². The van der Waals surface area contributed by atoms with Gasteiger partial charge < -0.3 is 20.1 Å². The number of amides is 2. The lowest BCUT2D eigenvalue weighted by molar-refractivity contribution is -0.143. The molecule has 1 atom stereocenters. The van der Waals surface area contributed by atoms with Crippen molar-refractivity contribution in [2.24, 2.45) is 5.92 Å². The molecular formula is C20H23N3O4. The van der Waals surface area contributed by atoms with Gasteiger partial charge in [0.05, 0.1) is 18.7 Å². The molecule has 0 aliphatic carbocycles. The lowest BCUT2D eigenvalue weighted by atomic mass is 9.97. The van der Waals surface area contributed by atoms with Crippen molar-refractivity contribution in [1.29, 1.82) is 0 Å². The summed E-state index contributed by atoms with van der Waals surface area (Å²) in [5.41, 5.74) is 1.52. The highest BCUT2D eigenvalue weighted by molar-refractivity contribution is 5.76. The number of hydrogen-bond acceptors (Lipinski definition) is 4. The molecule has 7 heteroatoms. The van der Waals surface area contributed by atoms with E-state index in [0.29, 0.717) is 37.4 Å². The Morgan fingerprint density at radius 1 is 1.19 bits per heavy atom. The molecule has 2 heterocycles. The van der Waals surface area contributed by atoms with Crippen LogP contribution in [-0.4, -0.2) is 47.2 Å². The highest BCUT2D eigenvalue weighted by atomic mass is 16.5. The number of nitrogens with zero attached hydrogens (tertiary/aromatic N) is 2. The van der Waals surface area contributed by atoms with E-state index in [1.54, 1.807) is 18.2 Å². The van der Waals surface area contributed by atoms with Gasteiger partial charge in [-0.25, -0.2) is 4.79 Å². The van der Waals surface area contributed by atoms with Crippen LogP contribution in [0.5, 0.6) is 5.75 Å². The molecule has 1 aromatic heterocycles. The molecule has 0 bridgehead atoms. The normalized spacial score (nSPS) is 15.8. The first kappa shape index (κ1) is 18.7. The van der Waals surface area contributed by atoms with Gasteiger partial charge in [0.1, 0.15) is 11.8 Å². The molecule has 2 amide bonds. The van der Waals surface area contributed by atoms with Gasteiger partial charge in [0.2, 0.25) is 0 Å². The van der Waals surface area contributed by atoms with Gasteiger partial charge in [-0.15, -0.1) is 0 Å². The molecule has 1 aliphatic heterocycles. The van der Waals surface area contributed by atoms with Crippen LogP contribution in [0.4, 0.5) is 4.79 Å². The number of para-hydroxylation sites is 1. The van der Waals surface area contributed by atoms with E-state index in [9.17, 15) is 9.59 Å². The Kier molecular flexibility index (Phi) is 5.90. The molecule has 2 N–H and O–H groups in total. The van der Waals surface area contributed by atoms with Crippen molar-refractivity contribution in [3.05, 3.63) is 59.9 Å². The monoisotopic (exact) mass is 369 g/mol. The summed E-state index contributed by atoms with van der Waals surface area (Å²) in [6.45, 7) is 0.841. The molecule has 27 heavy (non-hydrogen) atoms. The number of piperidine rings is 1. The van der Waals surface area contributed by atoms with Crippen LogP contribution in [0.15, 0.2) is 48.7 Å². The number of carbonyl (C=O) groups is 2. The Morgan fingerprint density at radius 2 is 1.89 bits per heavy atom. The Bertz CT molecular complexity index is 789. The van der Waals surface area contributed by atoms with Crippen LogP contribution >= 0.6 is 0 Å². The maximum absolute atomic E-state index is 12.8. The number of rotatable bonds is 5. The number of likely N-dealkylation sites (tertiary alicyclic amines) is 1. The summed E-state index contributed by atoms with van der Waals surface area (Å²) in [7, 11) is 1.59. The Balaban J connectivity index is 1.80. The first-order valence-electron chi connectivity index (χ1n) is 8.92. The molecule has 1 saturated heterocycles. The number of nitrogens with one attached hydrogen (secondary N) is 1. The second kappa shape index (κ2) is 8.53. The number of urea groups is 1. The second-order valence-electron chi connectivity index (χ2n) is 6.48. The van der Waals surface area contributed by atoms with Gasteiger partial charge >= 0.3 is 12.0 Å². The van der Waals surface area contributed by atoms with E-state index in [2.05, 4.69) is 10.3 Å². The minimum absolute atomic E-state index is 0.236. The number of carboxylic acids is 1. The summed E-state index contributed by atoms with van der Waals surface area (Å²) < 4.78 is 5.46. The van der Waals surface area contributed by atoms with Gasteiger partial charge in [-0.2, -0.15) is 0 Å². The van der Waals surface area contributed by atoms with E-state index in [1.165, 1.54) is 0 Å². The minimum atomic E-state index is -0.796. The molecule has 1 unspecified atom stereocenters. The smallest absolute Gasteiger partial charge is 0.318 e. The van der Waals surface area contributed by atoms with Gasteiger partial charge in [0.25, 0.3) is 0 Å². The van der Waals surface area contributed by atoms with Crippen LogP contribution < -0.4 is 10.1 Å². The molecule has 1 aliphatic rings. The largest absolute Gasteiger partial charge is 0.496 e. The first-order chi connectivity index (χ1) is 13.1. The van der Waals surface area contributed by atoms with Crippen molar-refractivity contribution in [2.75, 3.05) is 20.2 Å². The summed E-state index contributed by atoms with van der Waals surface area (Å²) in [5, 5.41) is 12.2. The average molecular weight is 369 g/mol. The number of methoxy groups -OCH3 is 1. The van der Waals surface area contributed by atoms with E-state index in [4.69, 9.17) is 9.84 Å². The lowest BCUT2D eigenvalue weighted by Gasteiger charge is -2.32. The molecule has 0 spiro atoms. The van der Waals surface area contributed by atoms with E-state index in [-0.39, 0.29) is 11.9 Å². The molecule has 3 rings (SSSR count). The highest BCUT2D eigenvalue weighted by Gasteiger charge is 2.29. The Labute approximate surface area is 158 Å². The third kappa shape index (κ3) is 4.36. The van der Waals surface area contributed by atoms with Crippen molar-refractivity contribution in [2.45, 2.75) is 18.9 Å². The third-order valence-corrected chi connectivity index (χ3v) is 4.83. The predicted octanol–water partition coefficient (Wildman–Crippen LogP) is 2.69. The zero-order valence-electron chi connectivity index (χ0n) is 15.2. The molecule has 1 aromatic carbocycles. The van der Waals surface area contributed by atoms with Crippen molar-refractivity contribution < 1.29 is 19.4 Å². The number of pyridine rings is 1. The van der Waals surface area contributed by atoms with E-state index >= 15 is 0 Å². The molecular weight excluding hydrogens is 346 g/mol. The minimum Gasteiger partial charge on any atom is -0.496 e. The van der Waals surface area contributed by atoms with Crippen LogP contribution in [0.3, 0.4) is 0 Å². The molecule has 0 radical (unpaired) electrons. The Morgan fingerprint density at radius 3 is 2.52 bits per heavy atom. The fraction of sp³-hybridized carbons (Fsp3) is 0.350. The maximum atomic E-state index is 12.8. The average Bonchev–Trinajstić information content (AvgIpc) is 2.72. The fourth-order valence-corrected chi connectivity index (χ4v) is 3.31. The highest BCUT2D eigenvalue weighted by Crippen LogP contribution is 2.29. The maximum Gasteiger partial charge on any atom is 0.318 e. The number of aliphatic carboxylic acids is 1. The Hall–Kier alpha value is -3.09. The van der Waals surface area contributed by atoms with Gasteiger partial charge in [0, 0.05) is 24.8 Å². The molecule has 2 aromatic rings. The van der Waals surface area contributed by atoms with E-state index < -0.39 is 12.0 Å². The summed E-state index contributed by atoms with van der Waals surface area (Å²) in [6.07, 6.45) is 2.61. The number of hydrogen-bond donors (Lipinski definition) is 2. The van der Waals surface area contributed by atoms with Crippen LogP contribution in [0.1, 0.15) is 30.1 Å². The molecule has 1 fully saturated rings. The summed E-state index contributed by atoms with van der Waals surface area (Å²) >= 11 is 0. The fourth-order valence-electron chi connectivity index (χ4n) is 3.31. The first-order valence-corrected chi connectivity index (χ1v) is 8.92. The predicted molar refractivity (Wildman–Crippen MR) is 99.5 cm³/mol. The summed E-state index contributed by atoms with van der Waals surface area (Å²) in [6, 6.07) is 12.3. The molecule has 7 nitrogen and oxygen atoms in total. The van der Waals surface area contributed by atoms with Gasteiger partial charge in [-0.05, 0) is 31.0 Å². The topological polar surface area (TPSA) is 91.8 Å². The van der Waals surface area contributed by atoms with Gasteiger partial charge in [0.15, 0.2) is 0 Å². The van der Waals surface area contributed by atoms with Crippen molar-refractivity contribution in [3.63, 3.8) is 0 Å². The zero-order valence-corrected chi connectivity index (χ0v) is 15.2. The van der Waals surface area contributed by atoms with E-state index in [0.717, 1.165) is 5.56 Å². The second-order valence-corrected chi connectivity index (χ2v) is 6.48. The lowest BCUT2D eigenvalue weighted by Crippen LogP contribution is -2.46. The molecule has 142 valence electrons. The number of carboxylic acid groups (broad SMARTS) is 1. The quantitative estimate of drug-likeness (QED) is 0.845.